The Morgan fingerprint density at radius 3 is 2.74 bits per heavy atom. The number of fused-ring (bicyclic) bond motifs is 1. The van der Waals surface area contributed by atoms with E-state index in [2.05, 4.69) is 36.4 Å². The summed E-state index contributed by atoms with van der Waals surface area (Å²) in [6.07, 6.45) is 1.29. The Morgan fingerprint density at radius 2 is 2.03 bits per heavy atom. The molecule has 4 aromatic rings. The first kappa shape index (κ1) is 23.3. The number of amidine groups is 1. The van der Waals surface area contributed by atoms with Gasteiger partial charge in [-0.3, -0.25) is 15.5 Å². The summed E-state index contributed by atoms with van der Waals surface area (Å²) in [5.74, 6) is 0.951. The van der Waals surface area contributed by atoms with Gasteiger partial charge in [-0.25, -0.2) is 9.98 Å². The fraction of sp³-hybridized carbons (Fsp3) is 0.0870. The minimum absolute atomic E-state index is 0.165. The van der Waals surface area contributed by atoms with Gasteiger partial charge < -0.3 is 9.84 Å². The number of hydrogen-bond donors (Lipinski definition) is 2. The van der Waals surface area contributed by atoms with Crippen LogP contribution in [0, 0.1) is 10.1 Å². The second-order valence-electron chi connectivity index (χ2n) is 6.87. The van der Waals surface area contributed by atoms with Crippen LogP contribution in [0.15, 0.2) is 75.2 Å². The number of aliphatic imine (C=N–C) groups is 1. The highest BCUT2D eigenvalue weighted by Gasteiger charge is 2.14. The lowest BCUT2D eigenvalue weighted by Crippen LogP contribution is -2.18. The number of benzene rings is 3. The number of ether oxygens (including phenoxy) is 1. The normalized spacial score (nSPS) is 11.8. The van der Waals surface area contributed by atoms with Crippen LogP contribution in [-0.4, -0.2) is 33.7 Å². The number of nitrogens with zero attached hydrogens (tertiary/aromatic N) is 4. The molecule has 0 fully saturated rings. The van der Waals surface area contributed by atoms with E-state index in [-0.39, 0.29) is 21.5 Å². The molecule has 0 aliphatic heterocycles. The number of para-hydroxylation sites is 1. The highest BCUT2D eigenvalue weighted by Crippen LogP contribution is 2.31. The summed E-state index contributed by atoms with van der Waals surface area (Å²) in [5, 5.41) is 26.2. The Labute approximate surface area is 206 Å². The molecule has 0 bridgehead atoms. The molecule has 0 saturated heterocycles. The maximum Gasteiger partial charge on any atom is 0.271 e. The summed E-state index contributed by atoms with van der Waals surface area (Å²) in [7, 11) is 0. The molecule has 172 valence electrons. The predicted octanol–water partition coefficient (Wildman–Crippen LogP) is 5.77. The highest BCUT2D eigenvalue weighted by molar-refractivity contribution is 9.10. The second-order valence-corrected chi connectivity index (χ2v) is 8.75. The van der Waals surface area contributed by atoms with Crippen molar-refractivity contribution in [1.29, 1.82) is 0 Å². The third-order valence-electron chi connectivity index (χ3n) is 4.55. The van der Waals surface area contributed by atoms with Crippen LogP contribution in [-0.2, 0) is 0 Å². The number of nitro groups is 1. The van der Waals surface area contributed by atoms with E-state index < -0.39 is 4.92 Å². The van der Waals surface area contributed by atoms with Crippen molar-refractivity contribution in [2.45, 2.75) is 6.92 Å². The topological polar surface area (TPSA) is 122 Å². The fourth-order valence-corrected chi connectivity index (χ4v) is 4.35. The number of aromatic hydroxyl groups is 1. The first-order valence-electron chi connectivity index (χ1n) is 10.1. The van der Waals surface area contributed by atoms with Crippen molar-refractivity contribution in [3.05, 3.63) is 85.8 Å². The molecule has 3 aromatic carbocycles. The molecule has 0 unspecified atom stereocenters. The molecule has 0 atom stereocenters. The summed E-state index contributed by atoms with van der Waals surface area (Å²) in [6, 6.07) is 17.4. The van der Waals surface area contributed by atoms with Gasteiger partial charge in [-0.2, -0.15) is 5.10 Å². The number of nitrogens with one attached hydrogen (secondary N) is 1. The van der Waals surface area contributed by atoms with Crippen molar-refractivity contribution < 1.29 is 14.8 Å². The summed E-state index contributed by atoms with van der Waals surface area (Å²) < 4.78 is 6.66. The van der Waals surface area contributed by atoms with Gasteiger partial charge in [-0.15, -0.1) is 11.3 Å². The van der Waals surface area contributed by atoms with E-state index in [1.807, 2.05) is 55.5 Å². The van der Waals surface area contributed by atoms with Crippen LogP contribution in [0.3, 0.4) is 0 Å². The van der Waals surface area contributed by atoms with Crippen molar-refractivity contribution in [2.24, 2.45) is 10.1 Å². The van der Waals surface area contributed by atoms with Crippen LogP contribution in [0.1, 0.15) is 17.5 Å². The van der Waals surface area contributed by atoms with Crippen LogP contribution >= 0.6 is 27.3 Å². The minimum Gasteiger partial charge on any atom is -0.506 e. The number of aromatic nitrogens is 1. The lowest BCUT2D eigenvalue weighted by Gasteiger charge is -2.05. The van der Waals surface area contributed by atoms with Gasteiger partial charge in [0, 0.05) is 17.7 Å². The molecule has 0 aliphatic rings. The largest absolute Gasteiger partial charge is 0.506 e. The van der Waals surface area contributed by atoms with E-state index >= 15 is 0 Å². The van der Waals surface area contributed by atoms with Gasteiger partial charge in [0.1, 0.15) is 11.5 Å². The van der Waals surface area contributed by atoms with Gasteiger partial charge >= 0.3 is 0 Å². The van der Waals surface area contributed by atoms with Crippen LogP contribution in [0.2, 0.25) is 0 Å². The predicted molar refractivity (Wildman–Crippen MR) is 137 cm³/mol. The number of hydrazone groups is 1. The molecule has 1 heterocycles. The van der Waals surface area contributed by atoms with Gasteiger partial charge in [-0.1, -0.05) is 12.1 Å². The number of rotatable bonds is 7. The molecule has 34 heavy (non-hydrogen) atoms. The average Bonchev–Trinajstić information content (AvgIpc) is 3.26. The van der Waals surface area contributed by atoms with Gasteiger partial charge in [0.15, 0.2) is 10.8 Å². The van der Waals surface area contributed by atoms with Crippen molar-refractivity contribution in [3.8, 4) is 11.5 Å². The molecule has 2 N–H and O–H groups in total. The maximum absolute atomic E-state index is 11.1. The third kappa shape index (κ3) is 5.38. The Kier molecular flexibility index (Phi) is 7.14. The molecule has 11 heteroatoms. The van der Waals surface area contributed by atoms with Gasteiger partial charge in [0.05, 0.1) is 38.1 Å². The molecule has 1 aromatic heterocycles. The van der Waals surface area contributed by atoms with Gasteiger partial charge in [-0.05, 0) is 59.3 Å². The van der Waals surface area contributed by atoms with E-state index in [9.17, 15) is 15.2 Å². The van der Waals surface area contributed by atoms with Gasteiger partial charge in [0.25, 0.3) is 5.69 Å². The van der Waals surface area contributed by atoms with E-state index in [1.165, 1.54) is 29.7 Å². The molecule has 0 radical (unpaired) electrons. The van der Waals surface area contributed by atoms with E-state index in [1.54, 1.807) is 0 Å². The Balaban J connectivity index is 1.68. The van der Waals surface area contributed by atoms with Crippen LogP contribution in [0.4, 0.5) is 11.4 Å². The standard InChI is InChI=1S/C23H18BrN5O4S/c1-2-33-17-9-7-15(8-10-17)26-22(23-27-19-5-3-4-6-20(19)34-23)28-25-13-14-11-16(29(31)32)12-18(24)21(14)30/h3-13,30H,2H2,1H3,(H,26,28). The number of phenolic OH excluding ortho intramolecular Hbond substituents is 1. The van der Waals surface area contributed by atoms with E-state index in [0.29, 0.717) is 23.1 Å². The fourth-order valence-electron chi connectivity index (χ4n) is 2.98. The molecular weight excluding hydrogens is 522 g/mol. The highest BCUT2D eigenvalue weighted by atomic mass is 79.9. The SMILES string of the molecule is CCOc1ccc(N=C(NN=Cc2cc([N+](=O)[O-])cc(Br)c2O)c2nc3ccccc3s2)cc1. The van der Waals surface area contributed by atoms with Crippen molar-refractivity contribution >= 4 is 60.9 Å². The molecule has 4 rings (SSSR count). The Bertz CT molecular complexity index is 1370. The zero-order valence-electron chi connectivity index (χ0n) is 17.8. The number of thiazole rings is 1. The summed E-state index contributed by atoms with van der Waals surface area (Å²) in [6.45, 7) is 2.48. The van der Waals surface area contributed by atoms with Crippen LogP contribution in [0.5, 0.6) is 11.5 Å². The summed E-state index contributed by atoms with van der Waals surface area (Å²) >= 11 is 4.57. The van der Waals surface area contributed by atoms with Crippen LogP contribution in [0.25, 0.3) is 10.2 Å². The number of halogens is 1. The Hall–Kier alpha value is -3.83. The molecular formula is C23H18BrN5O4S. The first-order valence-corrected chi connectivity index (χ1v) is 11.7. The van der Waals surface area contributed by atoms with Crippen molar-refractivity contribution in [1.82, 2.24) is 10.4 Å². The van der Waals surface area contributed by atoms with Crippen molar-refractivity contribution in [2.75, 3.05) is 6.61 Å². The van der Waals surface area contributed by atoms with Crippen molar-refractivity contribution in [3.63, 3.8) is 0 Å². The Morgan fingerprint density at radius 1 is 1.26 bits per heavy atom. The number of non-ortho nitro benzene ring substituents is 1. The average molecular weight is 540 g/mol. The summed E-state index contributed by atoms with van der Waals surface area (Å²) in [5.41, 5.74) is 4.33. The molecule has 0 aliphatic carbocycles. The van der Waals surface area contributed by atoms with Crippen LogP contribution < -0.4 is 10.2 Å². The van der Waals surface area contributed by atoms with E-state index in [4.69, 9.17) is 4.74 Å². The third-order valence-corrected chi connectivity index (χ3v) is 6.20. The maximum atomic E-state index is 11.1. The van der Waals surface area contributed by atoms with E-state index in [0.717, 1.165) is 16.0 Å². The molecule has 0 amide bonds. The first-order chi connectivity index (χ1) is 16.4. The minimum atomic E-state index is -0.547. The monoisotopic (exact) mass is 539 g/mol. The summed E-state index contributed by atoms with van der Waals surface area (Å²) in [4.78, 5) is 19.9. The van der Waals surface area contributed by atoms with Gasteiger partial charge in [0.2, 0.25) is 0 Å². The number of nitro benzene ring substituents is 1. The molecule has 0 spiro atoms. The number of phenols is 1. The zero-order chi connectivity index (χ0) is 24.1. The second kappa shape index (κ2) is 10.4. The lowest BCUT2D eigenvalue weighted by molar-refractivity contribution is -0.385. The zero-order valence-corrected chi connectivity index (χ0v) is 20.2. The lowest BCUT2D eigenvalue weighted by atomic mass is 10.2. The molecule has 9 nitrogen and oxygen atoms in total. The molecule has 0 saturated carbocycles. The number of hydrogen-bond acceptors (Lipinski definition) is 8. The quantitative estimate of drug-likeness (QED) is 0.133. The smallest absolute Gasteiger partial charge is 0.271 e.